The largest absolute Gasteiger partial charge is 0.507 e. The molecule has 1 aliphatic carbocycles. The molecule has 6 heteroatoms. The number of fused-ring (bicyclic) bond motifs is 1. The lowest BCUT2D eigenvalue weighted by atomic mass is 10.0. The quantitative estimate of drug-likeness (QED) is 0.752. The summed E-state index contributed by atoms with van der Waals surface area (Å²) < 4.78 is 5.32. The van der Waals surface area contributed by atoms with Gasteiger partial charge in [-0.3, -0.25) is 0 Å². The van der Waals surface area contributed by atoms with E-state index < -0.39 is 6.10 Å². The van der Waals surface area contributed by atoms with Crippen LogP contribution in [-0.2, 0) is 6.42 Å². The van der Waals surface area contributed by atoms with Gasteiger partial charge in [0, 0.05) is 11.1 Å². The Morgan fingerprint density at radius 1 is 1.25 bits per heavy atom. The Kier molecular flexibility index (Phi) is 3.29. The van der Waals surface area contributed by atoms with Crippen molar-refractivity contribution in [1.29, 1.82) is 5.26 Å². The molecule has 118 valence electrons. The number of aromatic hydroxyl groups is 1. The van der Waals surface area contributed by atoms with Gasteiger partial charge < -0.3 is 14.7 Å². The molecule has 0 bridgehead atoms. The Bertz CT molecular complexity index is 972. The van der Waals surface area contributed by atoms with Crippen LogP contribution < -0.4 is 0 Å². The van der Waals surface area contributed by atoms with Crippen molar-refractivity contribution in [3.8, 4) is 34.7 Å². The number of aliphatic hydroxyl groups excluding tert-OH is 1. The molecule has 24 heavy (non-hydrogen) atoms. The number of hydrogen-bond acceptors (Lipinski definition) is 6. The van der Waals surface area contributed by atoms with E-state index in [1.54, 1.807) is 6.07 Å². The summed E-state index contributed by atoms with van der Waals surface area (Å²) in [6.07, 6.45) is 1.02. The number of hydrogen-bond donors (Lipinski definition) is 2. The molecule has 3 aromatic rings. The molecule has 1 heterocycles. The minimum Gasteiger partial charge on any atom is -0.507 e. The summed E-state index contributed by atoms with van der Waals surface area (Å²) in [6, 6.07) is 12.2. The SMILES string of the molecule is N#Cc1cc(-c2nc(-c3cccc4c3CCC4O)no2)ccc1O. The van der Waals surface area contributed by atoms with Gasteiger partial charge in [0.25, 0.3) is 5.89 Å². The van der Waals surface area contributed by atoms with Crippen molar-refractivity contribution in [3.05, 3.63) is 53.1 Å². The first-order valence-electron chi connectivity index (χ1n) is 7.55. The van der Waals surface area contributed by atoms with Crippen molar-refractivity contribution >= 4 is 0 Å². The molecule has 1 unspecified atom stereocenters. The molecule has 2 N–H and O–H groups in total. The number of aliphatic hydroxyl groups is 1. The Morgan fingerprint density at radius 2 is 2.12 bits per heavy atom. The third kappa shape index (κ3) is 2.23. The van der Waals surface area contributed by atoms with E-state index in [0.29, 0.717) is 17.8 Å². The van der Waals surface area contributed by atoms with Crippen molar-refractivity contribution in [2.75, 3.05) is 0 Å². The van der Waals surface area contributed by atoms with Crippen LogP contribution >= 0.6 is 0 Å². The van der Waals surface area contributed by atoms with Crippen LogP contribution in [0.2, 0.25) is 0 Å². The van der Waals surface area contributed by atoms with E-state index in [4.69, 9.17) is 9.78 Å². The van der Waals surface area contributed by atoms with Crippen molar-refractivity contribution in [1.82, 2.24) is 10.1 Å². The molecule has 1 aromatic heterocycles. The normalized spacial score (nSPS) is 15.9. The fourth-order valence-corrected chi connectivity index (χ4v) is 3.05. The molecule has 2 aromatic carbocycles. The Hall–Kier alpha value is -3.17. The highest BCUT2D eigenvalue weighted by Gasteiger charge is 2.25. The average molecular weight is 319 g/mol. The smallest absolute Gasteiger partial charge is 0.258 e. The highest BCUT2D eigenvalue weighted by atomic mass is 16.5. The maximum absolute atomic E-state index is 10.0. The monoisotopic (exact) mass is 319 g/mol. The lowest BCUT2D eigenvalue weighted by Gasteiger charge is -2.05. The summed E-state index contributed by atoms with van der Waals surface area (Å²) in [6.45, 7) is 0. The average Bonchev–Trinajstić information content (AvgIpc) is 3.23. The highest BCUT2D eigenvalue weighted by molar-refractivity contribution is 5.66. The Balaban J connectivity index is 1.76. The van der Waals surface area contributed by atoms with Crippen LogP contribution in [0.5, 0.6) is 5.75 Å². The molecule has 6 nitrogen and oxygen atoms in total. The van der Waals surface area contributed by atoms with Crippen molar-refractivity contribution in [2.45, 2.75) is 18.9 Å². The number of nitriles is 1. The van der Waals surface area contributed by atoms with Crippen LogP contribution in [0.4, 0.5) is 0 Å². The van der Waals surface area contributed by atoms with E-state index in [1.807, 2.05) is 24.3 Å². The molecular formula is C18H13N3O3. The van der Waals surface area contributed by atoms with Crippen molar-refractivity contribution in [2.24, 2.45) is 0 Å². The van der Waals surface area contributed by atoms with Gasteiger partial charge in [0.2, 0.25) is 5.82 Å². The zero-order valence-corrected chi connectivity index (χ0v) is 12.6. The van der Waals surface area contributed by atoms with Gasteiger partial charge >= 0.3 is 0 Å². The van der Waals surface area contributed by atoms with Crippen molar-refractivity contribution in [3.63, 3.8) is 0 Å². The van der Waals surface area contributed by atoms with Crippen LogP contribution in [-0.4, -0.2) is 20.4 Å². The van der Waals surface area contributed by atoms with E-state index in [-0.39, 0.29) is 17.2 Å². The van der Waals surface area contributed by atoms with Crippen LogP contribution in [0.3, 0.4) is 0 Å². The van der Waals surface area contributed by atoms with Crippen LogP contribution in [0.1, 0.15) is 29.2 Å². The molecule has 0 amide bonds. The predicted octanol–water partition coefficient (Wildman–Crippen LogP) is 2.96. The molecule has 1 aliphatic rings. The van der Waals surface area contributed by atoms with E-state index in [1.165, 1.54) is 12.1 Å². The Morgan fingerprint density at radius 3 is 2.96 bits per heavy atom. The molecule has 0 aliphatic heterocycles. The van der Waals surface area contributed by atoms with Gasteiger partial charge in [0.05, 0.1) is 11.7 Å². The van der Waals surface area contributed by atoms with Gasteiger partial charge in [-0.2, -0.15) is 10.2 Å². The summed E-state index contributed by atoms with van der Waals surface area (Å²) in [4.78, 5) is 4.41. The summed E-state index contributed by atoms with van der Waals surface area (Å²) in [5, 5.41) is 32.6. The van der Waals surface area contributed by atoms with Gasteiger partial charge in [0.1, 0.15) is 11.8 Å². The Labute approximate surface area is 137 Å². The first kappa shape index (κ1) is 14.4. The number of nitrogens with zero attached hydrogens (tertiary/aromatic N) is 3. The molecule has 0 saturated carbocycles. The summed E-state index contributed by atoms with van der Waals surface area (Å²) in [5.41, 5.74) is 3.51. The van der Waals surface area contributed by atoms with Gasteiger partial charge in [-0.15, -0.1) is 0 Å². The van der Waals surface area contributed by atoms with E-state index >= 15 is 0 Å². The predicted molar refractivity (Wildman–Crippen MR) is 84.8 cm³/mol. The van der Waals surface area contributed by atoms with Gasteiger partial charge in [-0.05, 0) is 42.2 Å². The fraction of sp³-hybridized carbons (Fsp3) is 0.167. The highest BCUT2D eigenvalue weighted by Crippen LogP contribution is 2.37. The maximum Gasteiger partial charge on any atom is 0.258 e. The van der Waals surface area contributed by atoms with E-state index in [9.17, 15) is 10.2 Å². The minimum atomic E-state index is -0.443. The van der Waals surface area contributed by atoms with E-state index in [0.717, 1.165) is 23.1 Å². The van der Waals surface area contributed by atoms with Crippen LogP contribution in [0.25, 0.3) is 22.8 Å². The number of benzene rings is 2. The second-order valence-electron chi connectivity index (χ2n) is 5.69. The molecule has 0 saturated heterocycles. The summed E-state index contributed by atoms with van der Waals surface area (Å²) in [7, 11) is 0. The van der Waals surface area contributed by atoms with Crippen LogP contribution in [0.15, 0.2) is 40.9 Å². The molecule has 1 atom stereocenters. The topological polar surface area (TPSA) is 103 Å². The van der Waals surface area contributed by atoms with Gasteiger partial charge in [-0.1, -0.05) is 23.4 Å². The van der Waals surface area contributed by atoms with E-state index in [2.05, 4.69) is 10.1 Å². The minimum absolute atomic E-state index is 0.0872. The summed E-state index contributed by atoms with van der Waals surface area (Å²) >= 11 is 0. The molecular weight excluding hydrogens is 306 g/mol. The molecule has 0 fully saturated rings. The molecule has 0 spiro atoms. The molecule has 4 rings (SSSR count). The number of aromatic nitrogens is 2. The summed E-state index contributed by atoms with van der Waals surface area (Å²) in [5.74, 6) is 0.635. The zero-order valence-electron chi connectivity index (χ0n) is 12.6. The van der Waals surface area contributed by atoms with Crippen molar-refractivity contribution < 1.29 is 14.7 Å². The van der Waals surface area contributed by atoms with Gasteiger partial charge in [0.15, 0.2) is 0 Å². The fourth-order valence-electron chi connectivity index (χ4n) is 3.05. The number of phenolic OH excluding ortho intramolecular Hbond substituents is 1. The second-order valence-corrected chi connectivity index (χ2v) is 5.69. The van der Waals surface area contributed by atoms with Crippen LogP contribution in [0, 0.1) is 11.3 Å². The lowest BCUT2D eigenvalue weighted by Crippen LogP contribution is -1.92. The number of phenols is 1. The standard InChI is InChI=1S/C18H13N3O3/c19-9-11-8-10(4-6-15(11)22)18-20-17(21-24-18)14-3-1-2-13-12(14)5-7-16(13)23/h1-4,6,8,16,22-23H,5,7H2. The third-order valence-electron chi connectivity index (χ3n) is 4.27. The first-order chi connectivity index (χ1) is 11.7. The van der Waals surface area contributed by atoms with Gasteiger partial charge in [-0.25, -0.2) is 0 Å². The molecule has 0 radical (unpaired) electrons. The maximum atomic E-state index is 10.0. The second kappa shape index (κ2) is 5.48. The third-order valence-corrected chi connectivity index (χ3v) is 4.27. The zero-order chi connectivity index (χ0) is 16.7. The first-order valence-corrected chi connectivity index (χ1v) is 7.55. The number of rotatable bonds is 2. The lowest BCUT2D eigenvalue weighted by molar-refractivity contribution is 0.180.